The zero-order valence-corrected chi connectivity index (χ0v) is 14.7. The lowest BCUT2D eigenvalue weighted by Gasteiger charge is -2.07. The second-order valence-electron chi connectivity index (χ2n) is 5.61. The molecule has 7 heteroatoms. The third-order valence-corrected chi connectivity index (χ3v) is 3.56. The van der Waals surface area contributed by atoms with Crippen LogP contribution in [-0.2, 0) is 11.3 Å². The van der Waals surface area contributed by atoms with Gasteiger partial charge in [0.05, 0.1) is 19.1 Å². The van der Waals surface area contributed by atoms with Crippen molar-refractivity contribution < 1.29 is 19.4 Å². The molecule has 0 aromatic heterocycles. The maximum Gasteiger partial charge on any atom is 0.275 e. The van der Waals surface area contributed by atoms with Crippen LogP contribution in [0.15, 0.2) is 53.6 Å². The van der Waals surface area contributed by atoms with E-state index in [2.05, 4.69) is 15.8 Å². The molecule has 0 saturated heterocycles. The first-order chi connectivity index (χ1) is 12.5. The van der Waals surface area contributed by atoms with Crippen LogP contribution in [0.4, 0.5) is 0 Å². The van der Waals surface area contributed by atoms with Gasteiger partial charge in [0.1, 0.15) is 11.5 Å². The van der Waals surface area contributed by atoms with Crippen molar-refractivity contribution in [1.82, 2.24) is 10.7 Å². The first kappa shape index (κ1) is 19.0. The summed E-state index contributed by atoms with van der Waals surface area (Å²) in [6.45, 7) is 2.03. The molecule has 0 unspecified atom stereocenters. The number of para-hydroxylation sites is 1. The Hall–Kier alpha value is -3.35. The number of hydrogen-bond acceptors (Lipinski definition) is 5. The highest BCUT2D eigenvalue weighted by molar-refractivity contribution is 6.01. The summed E-state index contributed by atoms with van der Waals surface area (Å²) in [7, 11) is 1.59. The van der Waals surface area contributed by atoms with Gasteiger partial charge in [0.15, 0.2) is 0 Å². The molecule has 26 heavy (non-hydrogen) atoms. The molecule has 2 rings (SSSR count). The molecule has 0 aliphatic heterocycles. The molecule has 2 aromatic carbocycles. The van der Waals surface area contributed by atoms with Gasteiger partial charge in [-0.25, -0.2) is 5.43 Å². The Kier molecular flexibility index (Phi) is 6.73. The molecule has 0 atom stereocenters. The van der Waals surface area contributed by atoms with Crippen molar-refractivity contribution in [2.75, 3.05) is 7.11 Å². The van der Waals surface area contributed by atoms with Crippen molar-refractivity contribution in [3.63, 3.8) is 0 Å². The molecule has 0 aliphatic carbocycles. The molecule has 2 amide bonds. The Morgan fingerprint density at radius 3 is 2.46 bits per heavy atom. The third kappa shape index (κ3) is 5.62. The number of amides is 2. The highest BCUT2D eigenvalue weighted by Gasteiger charge is 2.10. The number of hydrazone groups is 1. The van der Waals surface area contributed by atoms with Gasteiger partial charge in [0.25, 0.3) is 5.91 Å². The zero-order valence-electron chi connectivity index (χ0n) is 14.7. The Balaban J connectivity index is 1.81. The van der Waals surface area contributed by atoms with Crippen LogP contribution in [-0.4, -0.2) is 29.7 Å². The van der Waals surface area contributed by atoms with Crippen LogP contribution in [0.2, 0.25) is 0 Å². The fraction of sp³-hybridized carbons (Fsp3) is 0.211. The average molecular weight is 355 g/mol. The minimum atomic E-state index is -0.541. The van der Waals surface area contributed by atoms with E-state index in [0.717, 1.165) is 11.3 Å². The van der Waals surface area contributed by atoms with Crippen LogP contribution < -0.4 is 15.5 Å². The molecule has 0 spiro atoms. The minimum absolute atomic E-state index is 0.0528. The van der Waals surface area contributed by atoms with Gasteiger partial charge >= 0.3 is 0 Å². The molecule has 136 valence electrons. The molecule has 0 aliphatic rings. The van der Waals surface area contributed by atoms with Crippen molar-refractivity contribution in [2.24, 2.45) is 5.10 Å². The minimum Gasteiger partial charge on any atom is -0.507 e. The summed E-state index contributed by atoms with van der Waals surface area (Å²) >= 11 is 0. The van der Waals surface area contributed by atoms with Gasteiger partial charge in [-0.1, -0.05) is 24.3 Å². The topological polar surface area (TPSA) is 100 Å². The van der Waals surface area contributed by atoms with Gasteiger partial charge < -0.3 is 15.2 Å². The number of phenols is 1. The van der Waals surface area contributed by atoms with E-state index in [-0.39, 0.29) is 23.6 Å². The van der Waals surface area contributed by atoms with Gasteiger partial charge in [-0.05, 0) is 36.8 Å². The predicted octanol–water partition coefficient (Wildman–Crippen LogP) is 2.21. The molecule has 3 N–H and O–H groups in total. The van der Waals surface area contributed by atoms with Crippen LogP contribution in [0.3, 0.4) is 0 Å². The zero-order chi connectivity index (χ0) is 18.9. The van der Waals surface area contributed by atoms with Gasteiger partial charge in [0, 0.05) is 12.3 Å². The standard InChI is InChI=1S/C19H21N3O4/c1-13(21-22-19(25)16-5-3-4-6-17(16)23)11-18(24)20-12-14-7-9-15(26-2)10-8-14/h3-10,23H,11-12H2,1-2H3,(H,20,24)(H,22,25). The van der Waals surface area contributed by atoms with E-state index in [1.165, 1.54) is 12.1 Å². The number of nitrogens with one attached hydrogen (secondary N) is 2. The Morgan fingerprint density at radius 1 is 1.12 bits per heavy atom. The lowest BCUT2D eigenvalue weighted by atomic mass is 10.2. The summed E-state index contributed by atoms with van der Waals surface area (Å²) in [6, 6.07) is 13.5. The summed E-state index contributed by atoms with van der Waals surface area (Å²) in [4.78, 5) is 23.9. The highest BCUT2D eigenvalue weighted by atomic mass is 16.5. The van der Waals surface area contributed by atoms with Crippen molar-refractivity contribution in [3.8, 4) is 11.5 Å². The maximum atomic E-state index is 11.9. The number of hydrogen-bond donors (Lipinski definition) is 3. The summed E-state index contributed by atoms with van der Waals surface area (Å²) in [6.07, 6.45) is 0.0528. The number of rotatable bonds is 7. The van der Waals surface area contributed by atoms with Crippen LogP contribution in [0.1, 0.15) is 29.3 Å². The molecule has 2 aromatic rings. The molecular weight excluding hydrogens is 334 g/mol. The number of methoxy groups -OCH3 is 1. The lowest BCUT2D eigenvalue weighted by Crippen LogP contribution is -2.26. The van der Waals surface area contributed by atoms with E-state index in [9.17, 15) is 14.7 Å². The van der Waals surface area contributed by atoms with Gasteiger partial charge in [0.2, 0.25) is 5.91 Å². The molecular formula is C19H21N3O4. The first-order valence-electron chi connectivity index (χ1n) is 8.00. The summed E-state index contributed by atoms with van der Waals surface area (Å²) in [5, 5.41) is 16.3. The second-order valence-corrected chi connectivity index (χ2v) is 5.61. The fourth-order valence-electron chi connectivity index (χ4n) is 2.15. The average Bonchev–Trinajstić information content (AvgIpc) is 2.65. The molecule has 0 fully saturated rings. The van der Waals surface area contributed by atoms with E-state index in [0.29, 0.717) is 12.3 Å². The van der Waals surface area contributed by atoms with Crippen molar-refractivity contribution >= 4 is 17.5 Å². The van der Waals surface area contributed by atoms with Gasteiger partial charge in [-0.15, -0.1) is 0 Å². The number of aromatic hydroxyl groups is 1. The highest BCUT2D eigenvalue weighted by Crippen LogP contribution is 2.15. The largest absolute Gasteiger partial charge is 0.507 e. The Morgan fingerprint density at radius 2 is 1.81 bits per heavy atom. The smallest absolute Gasteiger partial charge is 0.275 e. The van der Waals surface area contributed by atoms with Gasteiger partial charge in [-0.2, -0.15) is 5.10 Å². The molecule has 0 heterocycles. The van der Waals surface area contributed by atoms with Crippen molar-refractivity contribution in [2.45, 2.75) is 19.9 Å². The monoisotopic (exact) mass is 355 g/mol. The van der Waals surface area contributed by atoms with Crippen molar-refractivity contribution in [1.29, 1.82) is 0 Å². The summed E-state index contributed by atoms with van der Waals surface area (Å²) < 4.78 is 5.08. The number of phenolic OH excluding ortho intramolecular Hbond substituents is 1. The quantitative estimate of drug-likeness (QED) is 0.524. The number of nitrogens with zero attached hydrogens (tertiary/aromatic N) is 1. The van der Waals surface area contributed by atoms with E-state index < -0.39 is 5.91 Å². The van der Waals surface area contributed by atoms with E-state index >= 15 is 0 Å². The summed E-state index contributed by atoms with van der Waals surface area (Å²) in [5.41, 5.74) is 3.84. The third-order valence-electron chi connectivity index (χ3n) is 3.56. The van der Waals surface area contributed by atoms with Crippen molar-refractivity contribution in [3.05, 3.63) is 59.7 Å². The van der Waals surface area contributed by atoms with Crippen LogP contribution in [0.25, 0.3) is 0 Å². The number of benzene rings is 2. The van der Waals surface area contributed by atoms with Crippen LogP contribution >= 0.6 is 0 Å². The van der Waals surface area contributed by atoms with E-state index in [4.69, 9.17) is 4.74 Å². The number of carbonyl (C=O) groups excluding carboxylic acids is 2. The molecule has 7 nitrogen and oxygen atoms in total. The molecule has 0 bridgehead atoms. The maximum absolute atomic E-state index is 11.9. The molecule has 0 saturated carbocycles. The van der Waals surface area contributed by atoms with E-state index in [1.807, 2.05) is 24.3 Å². The SMILES string of the molecule is COc1ccc(CNC(=O)CC(C)=NNC(=O)c2ccccc2O)cc1. The first-order valence-corrected chi connectivity index (χ1v) is 8.00. The normalized spacial score (nSPS) is 10.9. The van der Waals surface area contributed by atoms with E-state index in [1.54, 1.807) is 26.2 Å². The Bertz CT molecular complexity index is 801. The molecule has 0 radical (unpaired) electrons. The van der Waals surface area contributed by atoms with Gasteiger partial charge in [-0.3, -0.25) is 9.59 Å². The second kappa shape index (κ2) is 9.22. The Labute approximate surface area is 151 Å². The fourth-order valence-corrected chi connectivity index (χ4v) is 2.15. The lowest BCUT2D eigenvalue weighted by molar-refractivity contribution is -0.120. The van der Waals surface area contributed by atoms with Crippen LogP contribution in [0, 0.1) is 0 Å². The van der Waals surface area contributed by atoms with Crippen LogP contribution in [0.5, 0.6) is 11.5 Å². The number of carbonyl (C=O) groups is 2. The summed E-state index contributed by atoms with van der Waals surface area (Å²) in [5.74, 6) is -0.127. The predicted molar refractivity (Wildman–Crippen MR) is 98.1 cm³/mol. The number of ether oxygens (including phenoxy) is 1.